The van der Waals surface area contributed by atoms with Gasteiger partial charge in [-0.15, -0.1) is 0 Å². The average molecular weight is 387 g/mol. The van der Waals surface area contributed by atoms with Crippen molar-refractivity contribution in [3.05, 3.63) is 59.7 Å². The summed E-state index contributed by atoms with van der Waals surface area (Å²) in [6, 6.07) is 14.6. The Morgan fingerprint density at radius 1 is 1.11 bits per heavy atom. The van der Waals surface area contributed by atoms with Crippen LogP contribution in [0.3, 0.4) is 0 Å². The van der Waals surface area contributed by atoms with Crippen molar-refractivity contribution in [2.75, 3.05) is 18.4 Å². The van der Waals surface area contributed by atoms with Crippen LogP contribution in [0.5, 0.6) is 0 Å². The second kappa shape index (κ2) is 8.23. The number of carbonyl (C=O) groups excluding carboxylic acids is 1. The van der Waals surface area contributed by atoms with Crippen LogP contribution < -0.4 is 5.32 Å². The van der Waals surface area contributed by atoms with Gasteiger partial charge in [0.05, 0.1) is 10.8 Å². The van der Waals surface area contributed by atoms with Gasteiger partial charge < -0.3 is 5.32 Å². The fourth-order valence-electron chi connectivity index (χ4n) is 3.70. The molecule has 3 rings (SSSR count). The van der Waals surface area contributed by atoms with Crippen molar-refractivity contribution in [3.8, 4) is 0 Å². The van der Waals surface area contributed by atoms with E-state index < -0.39 is 10.0 Å². The average Bonchev–Trinajstić information content (AvgIpc) is 2.68. The minimum Gasteiger partial charge on any atom is -0.326 e. The Kier molecular flexibility index (Phi) is 5.97. The highest BCUT2D eigenvalue weighted by Gasteiger charge is 2.27. The molecule has 0 aromatic heterocycles. The molecule has 1 amide bonds. The fourth-order valence-corrected chi connectivity index (χ4v) is 5.21. The molecule has 2 aromatic carbocycles. The summed E-state index contributed by atoms with van der Waals surface area (Å²) >= 11 is 0. The predicted octanol–water partition coefficient (Wildman–Crippen LogP) is 3.78. The van der Waals surface area contributed by atoms with Gasteiger partial charge >= 0.3 is 0 Å². The molecule has 1 N–H and O–H groups in total. The number of carbonyl (C=O) groups is 1. The molecule has 0 aliphatic heterocycles. The Hall–Kier alpha value is -2.18. The fraction of sp³-hybridized carbons (Fsp3) is 0.381. The van der Waals surface area contributed by atoms with Crippen LogP contribution in [0.15, 0.2) is 53.4 Å². The standard InChI is InChI=1S/C21H26N2O3S/c1-3-23(4-2)27(25,26)18-12-8-11-17(15-18)22-21(24)20-14-7-10-16-9-5-6-13-19(16)20/h5-6,8-9,11-13,15,20H,3-4,7,10,14H2,1-2H3,(H,22,24). The number of amides is 1. The van der Waals surface area contributed by atoms with Crippen molar-refractivity contribution in [1.29, 1.82) is 0 Å². The van der Waals surface area contributed by atoms with Gasteiger partial charge in [-0.05, 0) is 48.6 Å². The summed E-state index contributed by atoms with van der Waals surface area (Å²) in [4.78, 5) is 13.1. The SMILES string of the molecule is CCN(CC)S(=O)(=O)c1cccc(NC(=O)C2CCCc3ccccc32)c1. The topological polar surface area (TPSA) is 66.5 Å². The Bertz CT molecular complexity index is 921. The largest absolute Gasteiger partial charge is 0.326 e. The maximum absolute atomic E-state index is 12.9. The Morgan fingerprint density at radius 3 is 2.59 bits per heavy atom. The lowest BCUT2D eigenvalue weighted by atomic mass is 9.82. The molecule has 0 saturated carbocycles. The minimum absolute atomic E-state index is 0.0838. The number of hydrogen-bond donors (Lipinski definition) is 1. The molecule has 0 spiro atoms. The summed E-state index contributed by atoms with van der Waals surface area (Å²) in [5, 5.41) is 2.92. The van der Waals surface area contributed by atoms with Gasteiger partial charge in [-0.3, -0.25) is 4.79 Å². The lowest BCUT2D eigenvalue weighted by Gasteiger charge is -2.25. The molecule has 5 nitrogen and oxygen atoms in total. The Labute approximate surface area is 161 Å². The summed E-state index contributed by atoms with van der Waals surface area (Å²) < 4.78 is 26.8. The van der Waals surface area contributed by atoms with E-state index in [0.29, 0.717) is 18.8 Å². The molecular weight excluding hydrogens is 360 g/mol. The van der Waals surface area contributed by atoms with Crippen LogP contribution in [0.1, 0.15) is 43.7 Å². The quantitative estimate of drug-likeness (QED) is 0.822. The molecule has 0 saturated heterocycles. The maximum Gasteiger partial charge on any atom is 0.243 e. The van der Waals surface area contributed by atoms with Crippen molar-refractivity contribution in [2.45, 2.75) is 43.9 Å². The van der Waals surface area contributed by atoms with Gasteiger partial charge in [0.2, 0.25) is 15.9 Å². The van der Waals surface area contributed by atoms with Gasteiger partial charge in [0.25, 0.3) is 0 Å². The Balaban J connectivity index is 1.82. The number of sulfonamides is 1. The number of fused-ring (bicyclic) bond motifs is 1. The van der Waals surface area contributed by atoms with Gasteiger partial charge in [-0.1, -0.05) is 44.2 Å². The molecule has 27 heavy (non-hydrogen) atoms. The lowest BCUT2D eigenvalue weighted by Crippen LogP contribution is -2.30. The summed E-state index contributed by atoms with van der Waals surface area (Å²) in [7, 11) is -3.55. The van der Waals surface area contributed by atoms with Crippen LogP contribution in [0, 0.1) is 0 Å². The molecule has 1 aliphatic carbocycles. The van der Waals surface area contributed by atoms with Crippen LogP contribution in [-0.4, -0.2) is 31.7 Å². The normalized spacial score (nSPS) is 16.8. The van der Waals surface area contributed by atoms with Crippen molar-refractivity contribution >= 4 is 21.6 Å². The molecular formula is C21H26N2O3S. The molecule has 6 heteroatoms. The lowest BCUT2D eigenvalue weighted by molar-refractivity contribution is -0.117. The second-order valence-corrected chi connectivity index (χ2v) is 8.69. The number of rotatable bonds is 6. The van der Waals surface area contributed by atoms with Gasteiger partial charge in [-0.2, -0.15) is 4.31 Å². The monoisotopic (exact) mass is 386 g/mol. The molecule has 0 radical (unpaired) electrons. The van der Waals surface area contributed by atoms with Crippen molar-refractivity contribution in [2.24, 2.45) is 0 Å². The van der Waals surface area contributed by atoms with E-state index in [4.69, 9.17) is 0 Å². The van der Waals surface area contributed by atoms with Crippen LogP contribution in [-0.2, 0) is 21.2 Å². The molecule has 0 fully saturated rings. The third kappa shape index (κ3) is 4.06. The summed E-state index contributed by atoms with van der Waals surface area (Å²) in [6.07, 6.45) is 2.78. The highest BCUT2D eigenvalue weighted by Crippen LogP contribution is 2.32. The number of benzene rings is 2. The Morgan fingerprint density at radius 2 is 1.85 bits per heavy atom. The number of anilines is 1. The highest BCUT2D eigenvalue weighted by atomic mass is 32.2. The number of nitrogens with zero attached hydrogens (tertiary/aromatic N) is 1. The van der Waals surface area contributed by atoms with Crippen LogP contribution in [0.4, 0.5) is 5.69 Å². The van der Waals surface area contributed by atoms with E-state index in [2.05, 4.69) is 11.4 Å². The molecule has 1 unspecified atom stereocenters. The van der Waals surface area contributed by atoms with E-state index in [-0.39, 0.29) is 16.7 Å². The highest BCUT2D eigenvalue weighted by molar-refractivity contribution is 7.89. The number of aryl methyl sites for hydroxylation is 1. The van der Waals surface area contributed by atoms with Gasteiger partial charge in [0.1, 0.15) is 0 Å². The minimum atomic E-state index is -3.55. The van der Waals surface area contributed by atoms with Gasteiger partial charge in [-0.25, -0.2) is 8.42 Å². The van der Waals surface area contributed by atoms with Gasteiger partial charge in [0.15, 0.2) is 0 Å². The van der Waals surface area contributed by atoms with Crippen LogP contribution in [0.2, 0.25) is 0 Å². The molecule has 2 aromatic rings. The zero-order valence-corrected chi connectivity index (χ0v) is 16.6. The van der Waals surface area contributed by atoms with Crippen LogP contribution >= 0.6 is 0 Å². The summed E-state index contributed by atoms with van der Waals surface area (Å²) in [5.41, 5.74) is 2.81. The first-order valence-corrected chi connectivity index (χ1v) is 10.9. The summed E-state index contributed by atoms with van der Waals surface area (Å²) in [5.74, 6) is -0.280. The van der Waals surface area contributed by atoms with E-state index in [1.54, 1.807) is 24.3 Å². The van der Waals surface area contributed by atoms with E-state index in [9.17, 15) is 13.2 Å². The molecule has 0 bridgehead atoms. The maximum atomic E-state index is 12.9. The third-order valence-corrected chi connectivity index (χ3v) is 7.18. The predicted molar refractivity (Wildman–Crippen MR) is 107 cm³/mol. The first-order valence-electron chi connectivity index (χ1n) is 9.46. The zero-order valence-electron chi connectivity index (χ0n) is 15.8. The first-order chi connectivity index (χ1) is 13.0. The summed E-state index contributed by atoms with van der Waals surface area (Å²) in [6.45, 7) is 4.45. The molecule has 1 aliphatic rings. The van der Waals surface area contributed by atoms with Crippen molar-refractivity contribution in [1.82, 2.24) is 4.31 Å². The number of hydrogen-bond acceptors (Lipinski definition) is 3. The van der Waals surface area contributed by atoms with Crippen LogP contribution in [0.25, 0.3) is 0 Å². The van der Waals surface area contributed by atoms with E-state index >= 15 is 0 Å². The molecule has 1 atom stereocenters. The first kappa shape index (κ1) is 19.6. The van der Waals surface area contributed by atoms with E-state index in [0.717, 1.165) is 24.8 Å². The third-order valence-electron chi connectivity index (χ3n) is 5.13. The molecule has 0 heterocycles. The number of nitrogens with one attached hydrogen (secondary N) is 1. The second-order valence-electron chi connectivity index (χ2n) is 6.75. The zero-order chi connectivity index (χ0) is 19.4. The van der Waals surface area contributed by atoms with E-state index in [1.807, 2.05) is 32.0 Å². The van der Waals surface area contributed by atoms with Crippen molar-refractivity contribution < 1.29 is 13.2 Å². The molecule has 144 valence electrons. The smallest absolute Gasteiger partial charge is 0.243 e. The van der Waals surface area contributed by atoms with E-state index in [1.165, 1.54) is 9.87 Å². The van der Waals surface area contributed by atoms with Gasteiger partial charge in [0, 0.05) is 18.8 Å². The van der Waals surface area contributed by atoms with Crippen molar-refractivity contribution in [3.63, 3.8) is 0 Å².